The average molecular weight is 693 g/mol. The molecule has 1 saturated heterocycles. The molecular formula is C38H44O12. The number of carbonyl (C=O) groups excluding carboxylic acids is 4. The fourth-order valence-corrected chi connectivity index (χ4v) is 8.91. The van der Waals surface area contributed by atoms with Crippen molar-refractivity contribution in [3.8, 4) is 0 Å². The lowest BCUT2D eigenvalue weighted by Gasteiger charge is -2.67. The van der Waals surface area contributed by atoms with Crippen molar-refractivity contribution in [2.45, 2.75) is 102 Å². The quantitative estimate of drug-likeness (QED) is 0.189. The molecule has 50 heavy (non-hydrogen) atoms. The first kappa shape index (κ1) is 35.9. The van der Waals surface area contributed by atoms with Crippen molar-refractivity contribution in [3.63, 3.8) is 0 Å². The topological polar surface area (TPSA) is 186 Å². The van der Waals surface area contributed by atoms with Crippen molar-refractivity contribution < 1.29 is 58.6 Å². The number of fused-ring (bicyclic) bond motifs is 5. The lowest BCUT2D eigenvalue weighted by molar-refractivity contribution is -0.346. The second kappa shape index (κ2) is 12.7. The zero-order chi connectivity index (χ0) is 36.4. The summed E-state index contributed by atoms with van der Waals surface area (Å²) in [6, 6.07) is 16.8. The summed E-state index contributed by atoms with van der Waals surface area (Å²) >= 11 is 0. The Balaban J connectivity index is 1.52. The number of ether oxygens (including phenoxy) is 4. The van der Waals surface area contributed by atoms with Crippen molar-refractivity contribution >= 4 is 23.7 Å². The molecule has 4 N–H and O–H groups in total. The maximum Gasteiger partial charge on any atom is 0.338 e. The van der Waals surface area contributed by atoms with E-state index in [1.807, 2.05) is 0 Å². The summed E-state index contributed by atoms with van der Waals surface area (Å²) in [6.45, 7) is 7.09. The number of esters is 3. The molecule has 2 aromatic rings. The monoisotopic (exact) mass is 692 g/mol. The SMILES string of the molecule is CC(=O)O[C@@]12CO[C@@H]1C[C@H](O)[C@@]1(C)C(=O)[C@H](O)C3=C(C)[C@@H](OC(=O)[C@@H](O)Cc4ccccc4)C[C@@](O)([C@@H](OC(=O)c4ccccc4)[C@H]21)C3(C)C. The lowest BCUT2D eigenvalue weighted by atomic mass is 9.44. The third-order valence-electron chi connectivity index (χ3n) is 11.7. The number of rotatable bonds is 7. The van der Waals surface area contributed by atoms with Gasteiger partial charge in [-0.25, -0.2) is 9.59 Å². The Morgan fingerprint density at radius 1 is 0.980 bits per heavy atom. The predicted molar refractivity (Wildman–Crippen MR) is 175 cm³/mol. The Bertz CT molecular complexity index is 1700. The normalized spacial score (nSPS) is 36.4. The van der Waals surface area contributed by atoms with Gasteiger partial charge in [0.2, 0.25) is 0 Å². The molecule has 12 heteroatoms. The number of Topliss-reactive ketones (excluding diaryl/α,β-unsaturated/α-hetero) is 1. The summed E-state index contributed by atoms with van der Waals surface area (Å²) in [7, 11) is 0. The van der Waals surface area contributed by atoms with Crippen molar-refractivity contribution in [2.24, 2.45) is 16.7 Å². The molecule has 0 amide bonds. The highest BCUT2D eigenvalue weighted by molar-refractivity contribution is 5.94. The molecule has 268 valence electrons. The lowest BCUT2D eigenvalue weighted by Crippen LogP contribution is -2.81. The van der Waals surface area contributed by atoms with Crippen LogP contribution >= 0.6 is 0 Å². The molecule has 0 radical (unpaired) electrons. The fraction of sp³-hybridized carbons (Fsp3) is 0.526. The summed E-state index contributed by atoms with van der Waals surface area (Å²) in [5, 5.41) is 47.8. The maximum atomic E-state index is 14.8. The zero-order valence-electron chi connectivity index (χ0n) is 28.7. The van der Waals surface area contributed by atoms with Crippen molar-refractivity contribution in [2.75, 3.05) is 6.61 Å². The standard InChI is InChI=1S/C38H44O12/c1-20-25(48-34(45)24(40)16-22-12-8-6-9-13-22)18-38(46)32(49-33(44)23-14-10-7-11-15-23)30-36(5,31(43)29(42)28(20)35(38,3)4)26(41)17-27-37(30,19-47-27)50-21(2)39/h6-15,24-27,29-30,32,40-42,46H,16-19H2,1-5H3/t24-,25-,26-,27+,29+,30-,32-,36+,37-,38+/m0/s1. The highest BCUT2D eigenvalue weighted by Crippen LogP contribution is 2.64. The minimum Gasteiger partial charge on any atom is -0.456 e. The number of hydrogen-bond donors (Lipinski definition) is 4. The molecule has 4 aliphatic rings. The third-order valence-corrected chi connectivity index (χ3v) is 11.7. The predicted octanol–water partition coefficient (Wildman–Crippen LogP) is 2.24. The van der Waals surface area contributed by atoms with E-state index in [4.69, 9.17) is 18.9 Å². The van der Waals surface area contributed by atoms with Gasteiger partial charge in [-0.2, -0.15) is 0 Å². The molecule has 1 aliphatic heterocycles. The van der Waals surface area contributed by atoms with Gasteiger partial charge in [0.1, 0.15) is 30.0 Å². The van der Waals surface area contributed by atoms with Gasteiger partial charge in [0.05, 0.1) is 29.6 Å². The van der Waals surface area contributed by atoms with Crippen LogP contribution in [0, 0.1) is 16.7 Å². The first-order valence-electron chi connectivity index (χ1n) is 16.8. The highest BCUT2D eigenvalue weighted by Gasteiger charge is 2.78. The van der Waals surface area contributed by atoms with Crippen LogP contribution in [-0.2, 0) is 39.8 Å². The molecule has 0 aromatic heterocycles. The van der Waals surface area contributed by atoms with Crippen LogP contribution in [0.4, 0.5) is 0 Å². The van der Waals surface area contributed by atoms with E-state index in [-0.39, 0.29) is 36.2 Å². The summed E-state index contributed by atoms with van der Waals surface area (Å²) in [4.78, 5) is 54.8. The summed E-state index contributed by atoms with van der Waals surface area (Å²) in [6.07, 6.45) is -9.52. The van der Waals surface area contributed by atoms with Gasteiger partial charge in [0.15, 0.2) is 17.5 Å². The third kappa shape index (κ3) is 5.39. The van der Waals surface area contributed by atoms with E-state index in [0.717, 1.165) is 0 Å². The van der Waals surface area contributed by atoms with Gasteiger partial charge in [0.25, 0.3) is 0 Å². The number of ketones is 1. The van der Waals surface area contributed by atoms with Crippen LogP contribution in [0.15, 0.2) is 71.8 Å². The number of aliphatic hydroxyl groups is 4. The minimum atomic E-state index is -2.24. The van der Waals surface area contributed by atoms with Crippen molar-refractivity contribution in [3.05, 3.63) is 82.9 Å². The van der Waals surface area contributed by atoms with Crippen molar-refractivity contribution in [1.29, 1.82) is 0 Å². The Hall–Kier alpha value is -3.94. The molecule has 2 bridgehead atoms. The summed E-state index contributed by atoms with van der Waals surface area (Å²) < 4.78 is 23.9. The molecule has 12 nitrogen and oxygen atoms in total. The molecule has 2 aromatic carbocycles. The largest absolute Gasteiger partial charge is 0.456 e. The first-order valence-corrected chi connectivity index (χ1v) is 16.8. The van der Waals surface area contributed by atoms with Crippen LogP contribution in [0.3, 0.4) is 0 Å². The fourth-order valence-electron chi connectivity index (χ4n) is 8.91. The van der Waals surface area contributed by atoms with Gasteiger partial charge >= 0.3 is 17.9 Å². The first-order chi connectivity index (χ1) is 23.5. The second-order valence-electron chi connectivity index (χ2n) is 14.8. The molecule has 10 atom stereocenters. The number of aliphatic hydroxyl groups excluding tert-OH is 3. The van der Waals surface area contributed by atoms with E-state index < -0.39 is 94.7 Å². The van der Waals surface area contributed by atoms with Crippen LogP contribution < -0.4 is 0 Å². The molecule has 0 unspecified atom stereocenters. The Labute approximate surface area is 290 Å². The van der Waals surface area contributed by atoms with E-state index in [9.17, 15) is 39.6 Å². The molecule has 3 aliphatic carbocycles. The number of carbonyl (C=O) groups is 4. The van der Waals surface area contributed by atoms with E-state index in [0.29, 0.717) is 5.56 Å². The molecular weight excluding hydrogens is 648 g/mol. The van der Waals surface area contributed by atoms with Crippen LogP contribution in [0.2, 0.25) is 0 Å². The smallest absolute Gasteiger partial charge is 0.338 e. The molecule has 1 heterocycles. The summed E-state index contributed by atoms with van der Waals surface area (Å²) in [5.41, 5.74) is -6.29. The number of benzene rings is 2. The Morgan fingerprint density at radius 2 is 1.60 bits per heavy atom. The highest BCUT2D eigenvalue weighted by atomic mass is 16.6. The molecule has 2 saturated carbocycles. The van der Waals surface area contributed by atoms with Crippen LogP contribution in [0.25, 0.3) is 0 Å². The van der Waals surface area contributed by atoms with Crippen molar-refractivity contribution in [1.82, 2.24) is 0 Å². The van der Waals surface area contributed by atoms with E-state index in [2.05, 4.69) is 0 Å². The molecule has 3 fully saturated rings. The van der Waals surface area contributed by atoms with E-state index in [1.54, 1.807) is 69.3 Å². The Morgan fingerprint density at radius 3 is 2.18 bits per heavy atom. The molecule has 0 spiro atoms. The second-order valence-corrected chi connectivity index (χ2v) is 14.8. The van der Waals surface area contributed by atoms with Gasteiger partial charge in [-0.1, -0.05) is 62.4 Å². The van der Waals surface area contributed by atoms with Gasteiger partial charge in [-0.15, -0.1) is 0 Å². The van der Waals surface area contributed by atoms with Gasteiger partial charge in [-0.05, 0) is 42.7 Å². The zero-order valence-corrected chi connectivity index (χ0v) is 28.7. The van der Waals surface area contributed by atoms with Crippen LogP contribution in [-0.4, -0.2) is 98.6 Å². The van der Waals surface area contributed by atoms with E-state index >= 15 is 0 Å². The van der Waals surface area contributed by atoms with Crippen LogP contribution in [0.5, 0.6) is 0 Å². The van der Waals surface area contributed by atoms with Gasteiger partial charge < -0.3 is 39.4 Å². The van der Waals surface area contributed by atoms with Gasteiger partial charge in [-0.3, -0.25) is 9.59 Å². The number of hydrogen-bond acceptors (Lipinski definition) is 12. The molecule has 6 rings (SSSR count). The Kier molecular flexibility index (Phi) is 9.10. The maximum absolute atomic E-state index is 14.8. The summed E-state index contributed by atoms with van der Waals surface area (Å²) in [5.74, 6) is -4.90. The van der Waals surface area contributed by atoms with E-state index in [1.165, 1.54) is 26.0 Å². The minimum absolute atomic E-state index is 0.0211. The van der Waals surface area contributed by atoms with Gasteiger partial charge in [0, 0.05) is 31.6 Å². The van der Waals surface area contributed by atoms with Crippen LogP contribution in [0.1, 0.15) is 63.4 Å². The average Bonchev–Trinajstić information content (AvgIpc) is 3.07.